The van der Waals surface area contributed by atoms with Crippen molar-refractivity contribution >= 4 is 0 Å². The van der Waals surface area contributed by atoms with Crippen molar-refractivity contribution in [3.8, 4) is 5.75 Å². The molecule has 2 aromatic rings. The first-order chi connectivity index (χ1) is 10.2. The summed E-state index contributed by atoms with van der Waals surface area (Å²) in [5.74, 6) is 0.868. The van der Waals surface area contributed by atoms with Crippen LogP contribution in [-0.2, 0) is 18.0 Å². The second-order valence-electron chi connectivity index (χ2n) is 5.47. The molecule has 0 aromatic heterocycles. The molecule has 21 heavy (non-hydrogen) atoms. The number of fused-ring (bicyclic) bond motifs is 1. The fraction of sp³-hybridized carbons (Fsp3) is 0.333. The van der Waals surface area contributed by atoms with Gasteiger partial charge in [-0.05, 0) is 36.6 Å². The van der Waals surface area contributed by atoms with Gasteiger partial charge in [-0.2, -0.15) is 0 Å². The van der Waals surface area contributed by atoms with Gasteiger partial charge in [0.2, 0.25) is 0 Å². The third-order valence-corrected chi connectivity index (χ3v) is 3.90. The fourth-order valence-corrected chi connectivity index (χ4v) is 2.76. The van der Waals surface area contributed by atoms with Crippen LogP contribution < -0.4 is 10.5 Å². The normalized spacial score (nSPS) is 14.8. The molecular weight excluding hydrogens is 262 g/mol. The fourth-order valence-electron chi connectivity index (χ4n) is 2.76. The standard InChI is InChI=1S/C18H21NO2/c1-3-21-17-7-4-12(2)8-16(17)18(19)13-5-6-14-10-20-11-15(14)9-13/h4-9,18H,3,10-11,19H2,1-2H3. The van der Waals surface area contributed by atoms with E-state index in [2.05, 4.69) is 37.3 Å². The number of ether oxygens (including phenoxy) is 2. The molecule has 1 heterocycles. The third kappa shape index (κ3) is 2.80. The van der Waals surface area contributed by atoms with Gasteiger partial charge in [-0.25, -0.2) is 0 Å². The Hall–Kier alpha value is -1.84. The van der Waals surface area contributed by atoms with Gasteiger partial charge in [0.1, 0.15) is 5.75 Å². The molecule has 0 bridgehead atoms. The minimum Gasteiger partial charge on any atom is -0.494 e. The monoisotopic (exact) mass is 283 g/mol. The van der Waals surface area contributed by atoms with Gasteiger partial charge < -0.3 is 15.2 Å². The van der Waals surface area contributed by atoms with Crippen molar-refractivity contribution in [1.29, 1.82) is 0 Å². The SMILES string of the molecule is CCOc1ccc(C)cc1C(N)c1ccc2c(c1)COC2. The van der Waals surface area contributed by atoms with E-state index in [-0.39, 0.29) is 6.04 Å². The van der Waals surface area contributed by atoms with Crippen LogP contribution in [0, 0.1) is 6.92 Å². The van der Waals surface area contributed by atoms with Gasteiger partial charge in [-0.15, -0.1) is 0 Å². The summed E-state index contributed by atoms with van der Waals surface area (Å²) in [5.41, 5.74) is 12.3. The quantitative estimate of drug-likeness (QED) is 0.934. The van der Waals surface area contributed by atoms with Gasteiger partial charge in [-0.1, -0.05) is 35.9 Å². The minimum absolute atomic E-state index is 0.183. The lowest BCUT2D eigenvalue weighted by Gasteiger charge is -2.18. The molecule has 110 valence electrons. The van der Waals surface area contributed by atoms with Gasteiger partial charge in [0, 0.05) is 5.56 Å². The number of benzene rings is 2. The highest BCUT2D eigenvalue weighted by molar-refractivity contribution is 5.45. The topological polar surface area (TPSA) is 44.5 Å². The highest BCUT2D eigenvalue weighted by Crippen LogP contribution is 2.31. The highest BCUT2D eigenvalue weighted by atomic mass is 16.5. The van der Waals surface area contributed by atoms with Gasteiger partial charge in [0.25, 0.3) is 0 Å². The Bertz CT molecular complexity index is 652. The molecular formula is C18H21NO2. The lowest BCUT2D eigenvalue weighted by molar-refractivity contribution is 0.134. The molecule has 0 amide bonds. The molecule has 0 saturated heterocycles. The van der Waals surface area contributed by atoms with E-state index < -0.39 is 0 Å². The van der Waals surface area contributed by atoms with Crippen molar-refractivity contribution in [2.75, 3.05) is 6.61 Å². The number of rotatable bonds is 4. The van der Waals surface area contributed by atoms with Crippen molar-refractivity contribution < 1.29 is 9.47 Å². The van der Waals surface area contributed by atoms with E-state index in [0.29, 0.717) is 19.8 Å². The molecule has 1 atom stereocenters. The summed E-state index contributed by atoms with van der Waals surface area (Å²) in [6, 6.07) is 12.4. The average molecular weight is 283 g/mol. The summed E-state index contributed by atoms with van der Waals surface area (Å²) in [4.78, 5) is 0. The molecule has 1 unspecified atom stereocenters. The number of hydrogen-bond donors (Lipinski definition) is 1. The predicted octanol–water partition coefficient (Wildman–Crippen LogP) is 3.47. The average Bonchev–Trinajstić information content (AvgIpc) is 2.96. The zero-order valence-electron chi connectivity index (χ0n) is 12.6. The Balaban J connectivity index is 1.97. The molecule has 2 N–H and O–H groups in total. The molecule has 1 aliphatic heterocycles. The van der Waals surface area contributed by atoms with E-state index in [4.69, 9.17) is 15.2 Å². The van der Waals surface area contributed by atoms with Crippen LogP contribution in [0.4, 0.5) is 0 Å². The van der Waals surface area contributed by atoms with E-state index >= 15 is 0 Å². The van der Waals surface area contributed by atoms with E-state index in [1.54, 1.807) is 0 Å². The maximum atomic E-state index is 6.49. The van der Waals surface area contributed by atoms with Crippen molar-refractivity contribution in [2.45, 2.75) is 33.1 Å². The summed E-state index contributed by atoms with van der Waals surface area (Å²) in [6.07, 6.45) is 0. The Morgan fingerprint density at radius 2 is 1.95 bits per heavy atom. The van der Waals surface area contributed by atoms with Gasteiger partial charge in [0.15, 0.2) is 0 Å². The number of hydrogen-bond acceptors (Lipinski definition) is 3. The maximum absolute atomic E-state index is 6.49. The first-order valence-corrected chi connectivity index (χ1v) is 7.37. The second kappa shape index (κ2) is 5.88. The molecule has 0 fully saturated rings. The molecule has 3 nitrogen and oxygen atoms in total. The van der Waals surface area contributed by atoms with Gasteiger partial charge >= 0.3 is 0 Å². The van der Waals surface area contributed by atoms with Crippen LogP contribution in [0.15, 0.2) is 36.4 Å². The minimum atomic E-state index is -0.183. The van der Waals surface area contributed by atoms with Crippen molar-refractivity contribution in [3.63, 3.8) is 0 Å². The molecule has 3 rings (SSSR count). The van der Waals surface area contributed by atoms with Gasteiger partial charge in [-0.3, -0.25) is 0 Å². The van der Waals surface area contributed by atoms with Crippen LogP contribution in [0.3, 0.4) is 0 Å². The first-order valence-electron chi connectivity index (χ1n) is 7.37. The van der Waals surface area contributed by atoms with Crippen LogP contribution >= 0.6 is 0 Å². The number of nitrogens with two attached hydrogens (primary N) is 1. The summed E-state index contributed by atoms with van der Waals surface area (Å²) in [7, 11) is 0. The van der Waals surface area contributed by atoms with E-state index in [1.165, 1.54) is 16.7 Å². The lowest BCUT2D eigenvalue weighted by Crippen LogP contribution is -2.14. The van der Waals surface area contributed by atoms with Crippen LogP contribution in [0.1, 0.15) is 40.8 Å². The van der Waals surface area contributed by atoms with Gasteiger partial charge in [0.05, 0.1) is 25.9 Å². The summed E-state index contributed by atoms with van der Waals surface area (Å²) in [5, 5.41) is 0. The summed E-state index contributed by atoms with van der Waals surface area (Å²) < 4.78 is 11.2. The second-order valence-corrected chi connectivity index (χ2v) is 5.47. The van der Waals surface area contributed by atoms with Crippen molar-refractivity contribution in [2.24, 2.45) is 5.73 Å². The Morgan fingerprint density at radius 3 is 2.76 bits per heavy atom. The molecule has 0 saturated carbocycles. The van der Waals surface area contributed by atoms with Crippen LogP contribution in [0.5, 0.6) is 5.75 Å². The molecule has 0 radical (unpaired) electrons. The highest BCUT2D eigenvalue weighted by Gasteiger charge is 2.18. The Morgan fingerprint density at radius 1 is 1.14 bits per heavy atom. The van der Waals surface area contributed by atoms with E-state index in [0.717, 1.165) is 16.9 Å². The Labute approximate surface area is 125 Å². The smallest absolute Gasteiger partial charge is 0.124 e. The van der Waals surface area contributed by atoms with E-state index in [1.807, 2.05) is 13.0 Å². The van der Waals surface area contributed by atoms with Crippen molar-refractivity contribution in [3.05, 3.63) is 64.2 Å². The van der Waals surface area contributed by atoms with Crippen LogP contribution in [-0.4, -0.2) is 6.61 Å². The largest absolute Gasteiger partial charge is 0.494 e. The molecule has 0 spiro atoms. The predicted molar refractivity (Wildman–Crippen MR) is 83.3 cm³/mol. The zero-order chi connectivity index (χ0) is 14.8. The molecule has 1 aliphatic rings. The third-order valence-electron chi connectivity index (χ3n) is 3.90. The zero-order valence-corrected chi connectivity index (χ0v) is 12.6. The summed E-state index contributed by atoms with van der Waals surface area (Å²) in [6.45, 7) is 6.09. The number of aryl methyl sites for hydroxylation is 1. The molecule has 3 heteroatoms. The van der Waals surface area contributed by atoms with Crippen LogP contribution in [0.2, 0.25) is 0 Å². The Kier molecular flexibility index (Phi) is 3.95. The molecule has 0 aliphatic carbocycles. The lowest BCUT2D eigenvalue weighted by atomic mass is 9.95. The first kappa shape index (κ1) is 14.1. The molecule has 2 aromatic carbocycles. The van der Waals surface area contributed by atoms with Crippen LogP contribution in [0.25, 0.3) is 0 Å². The van der Waals surface area contributed by atoms with E-state index in [9.17, 15) is 0 Å². The van der Waals surface area contributed by atoms with Crippen molar-refractivity contribution in [1.82, 2.24) is 0 Å². The maximum Gasteiger partial charge on any atom is 0.124 e. The summed E-state index contributed by atoms with van der Waals surface area (Å²) >= 11 is 0.